The molecule has 2 N–H and O–H groups in total. The molecule has 190 valence electrons. The number of hydrogen-bond acceptors (Lipinski definition) is 6. The number of benzene rings is 2. The molecule has 1 saturated heterocycles. The van der Waals surface area contributed by atoms with Crippen LogP contribution in [0.5, 0.6) is 0 Å². The number of thiocarbonyl (C=S) groups is 1. The molecule has 1 aliphatic rings. The Balaban J connectivity index is 1.44. The fourth-order valence-electron chi connectivity index (χ4n) is 4.47. The number of carbonyl (C=O) groups excluding carboxylic acids is 1. The van der Waals surface area contributed by atoms with Crippen molar-refractivity contribution in [2.75, 3.05) is 18.4 Å². The van der Waals surface area contributed by atoms with Crippen LogP contribution in [0.2, 0.25) is 5.02 Å². The molecule has 1 fully saturated rings. The molecule has 11 heteroatoms. The van der Waals surface area contributed by atoms with Gasteiger partial charge in [-0.1, -0.05) is 48.8 Å². The van der Waals surface area contributed by atoms with Crippen LogP contribution in [0.3, 0.4) is 0 Å². The first-order chi connectivity index (χ1) is 17.1. The van der Waals surface area contributed by atoms with E-state index in [0.29, 0.717) is 52.7 Å². The van der Waals surface area contributed by atoms with Gasteiger partial charge in [-0.3, -0.25) is 10.1 Å². The maximum Gasteiger partial charge on any atom is 0.263 e. The van der Waals surface area contributed by atoms with Gasteiger partial charge in [-0.05, 0) is 67.7 Å². The van der Waals surface area contributed by atoms with Crippen molar-refractivity contribution in [3.8, 4) is 11.3 Å². The summed E-state index contributed by atoms with van der Waals surface area (Å²) in [6.07, 6.45) is 1.02. The molecule has 0 spiro atoms. The molecule has 2 aromatic carbocycles. The smallest absolute Gasteiger partial charge is 0.263 e. The van der Waals surface area contributed by atoms with E-state index in [1.165, 1.54) is 12.1 Å². The number of halogens is 1. The summed E-state index contributed by atoms with van der Waals surface area (Å²) in [6.45, 7) is 6.79. The Morgan fingerprint density at radius 3 is 2.39 bits per heavy atom. The molecule has 36 heavy (non-hydrogen) atoms. The highest BCUT2D eigenvalue weighted by Gasteiger charge is 2.31. The SMILES string of the molecule is Cc1onc(-c2ccccc2Cl)c1C(=O)NC(=S)Nc1ccc(S(=O)(=O)N2C[C@H](C)C[C@H](C)C2)cc1. The molecule has 2 heterocycles. The van der Waals surface area contributed by atoms with Crippen LogP contribution >= 0.6 is 23.8 Å². The van der Waals surface area contributed by atoms with E-state index in [1.807, 2.05) is 0 Å². The summed E-state index contributed by atoms with van der Waals surface area (Å²) in [5.74, 6) is 0.450. The Morgan fingerprint density at radius 1 is 1.11 bits per heavy atom. The topological polar surface area (TPSA) is 105 Å². The van der Waals surface area contributed by atoms with Gasteiger partial charge in [0.25, 0.3) is 5.91 Å². The van der Waals surface area contributed by atoms with E-state index in [0.717, 1.165) is 6.42 Å². The molecule has 0 radical (unpaired) electrons. The van der Waals surface area contributed by atoms with Crippen LogP contribution in [0.1, 0.15) is 36.4 Å². The molecular formula is C25H27ClN4O4S2. The molecule has 1 aliphatic heterocycles. The number of rotatable bonds is 5. The number of amides is 1. The summed E-state index contributed by atoms with van der Waals surface area (Å²) in [5.41, 5.74) is 1.63. The molecule has 0 bridgehead atoms. The van der Waals surface area contributed by atoms with Crippen molar-refractivity contribution in [2.24, 2.45) is 11.8 Å². The zero-order chi connectivity index (χ0) is 26.0. The zero-order valence-electron chi connectivity index (χ0n) is 20.1. The molecule has 1 aromatic heterocycles. The summed E-state index contributed by atoms with van der Waals surface area (Å²) < 4.78 is 33.0. The first-order valence-corrected chi connectivity index (χ1v) is 13.7. The van der Waals surface area contributed by atoms with E-state index in [-0.39, 0.29) is 15.6 Å². The lowest BCUT2D eigenvalue weighted by atomic mass is 9.94. The van der Waals surface area contributed by atoms with E-state index >= 15 is 0 Å². The molecule has 8 nitrogen and oxygen atoms in total. The number of nitrogens with one attached hydrogen (secondary N) is 2. The van der Waals surface area contributed by atoms with Crippen molar-refractivity contribution in [3.05, 3.63) is 64.9 Å². The molecule has 0 aliphatic carbocycles. The Kier molecular flexibility index (Phi) is 7.79. The maximum atomic E-state index is 13.1. The lowest BCUT2D eigenvalue weighted by molar-refractivity contribution is 0.0976. The molecule has 0 unspecified atom stereocenters. The van der Waals surface area contributed by atoms with Crippen molar-refractivity contribution in [1.82, 2.24) is 14.8 Å². The number of carbonyl (C=O) groups is 1. The summed E-state index contributed by atoms with van der Waals surface area (Å²) in [4.78, 5) is 13.2. The zero-order valence-corrected chi connectivity index (χ0v) is 22.5. The van der Waals surface area contributed by atoms with Gasteiger partial charge in [0, 0.05) is 24.3 Å². The molecule has 4 rings (SSSR count). The van der Waals surface area contributed by atoms with Gasteiger partial charge in [-0.2, -0.15) is 4.31 Å². The number of aryl methyl sites for hydroxylation is 1. The van der Waals surface area contributed by atoms with Crippen LogP contribution in [0.4, 0.5) is 5.69 Å². The minimum Gasteiger partial charge on any atom is -0.360 e. The Labute approximate surface area is 221 Å². The second kappa shape index (κ2) is 10.7. The summed E-state index contributed by atoms with van der Waals surface area (Å²) in [7, 11) is -3.59. The second-order valence-electron chi connectivity index (χ2n) is 9.14. The molecule has 1 amide bonds. The largest absolute Gasteiger partial charge is 0.360 e. The maximum absolute atomic E-state index is 13.1. The average Bonchev–Trinajstić information content (AvgIpc) is 3.20. The lowest BCUT2D eigenvalue weighted by Gasteiger charge is -2.34. The third-order valence-corrected chi connectivity index (χ3v) is 8.41. The normalized spacial score (nSPS) is 18.6. The van der Waals surface area contributed by atoms with Crippen molar-refractivity contribution in [1.29, 1.82) is 0 Å². The van der Waals surface area contributed by atoms with Crippen LogP contribution in [0.25, 0.3) is 11.3 Å². The van der Waals surface area contributed by atoms with Gasteiger partial charge in [0.1, 0.15) is 17.0 Å². The van der Waals surface area contributed by atoms with Crippen molar-refractivity contribution < 1.29 is 17.7 Å². The highest BCUT2D eigenvalue weighted by Crippen LogP contribution is 2.31. The van der Waals surface area contributed by atoms with E-state index < -0.39 is 15.9 Å². The second-order valence-corrected chi connectivity index (χ2v) is 11.9. The minimum absolute atomic E-state index is 0.0417. The standard InChI is InChI=1S/C25H27ClN4O4S2/c1-15-12-16(2)14-30(13-15)36(32,33)19-10-8-18(9-11-19)27-25(35)28-24(31)22-17(3)34-29-23(22)20-6-4-5-7-21(20)26/h4-11,15-16H,12-14H2,1-3H3,(H2,27,28,31,35)/t15-,16+. The van der Waals surface area contributed by atoms with Crippen LogP contribution in [-0.2, 0) is 10.0 Å². The van der Waals surface area contributed by atoms with Gasteiger partial charge in [0.15, 0.2) is 5.11 Å². The lowest BCUT2D eigenvalue weighted by Crippen LogP contribution is -2.42. The summed E-state index contributed by atoms with van der Waals surface area (Å²) in [5, 5.41) is 10.0. The third-order valence-electron chi connectivity index (χ3n) is 6.03. The van der Waals surface area contributed by atoms with Gasteiger partial charge in [0.2, 0.25) is 10.0 Å². The number of aromatic nitrogens is 1. The van der Waals surface area contributed by atoms with E-state index in [1.54, 1.807) is 47.6 Å². The predicted octanol–water partition coefficient (Wildman–Crippen LogP) is 5.10. The van der Waals surface area contributed by atoms with E-state index in [9.17, 15) is 13.2 Å². The van der Waals surface area contributed by atoms with Crippen molar-refractivity contribution >= 4 is 50.5 Å². The number of hydrogen-bond donors (Lipinski definition) is 2. The average molecular weight is 547 g/mol. The van der Waals surface area contributed by atoms with Gasteiger partial charge >= 0.3 is 0 Å². The number of sulfonamides is 1. The molecular weight excluding hydrogens is 520 g/mol. The Hall–Kier alpha value is -2.79. The van der Waals surface area contributed by atoms with Gasteiger partial charge < -0.3 is 9.84 Å². The minimum atomic E-state index is -3.59. The van der Waals surface area contributed by atoms with Gasteiger partial charge in [-0.15, -0.1) is 0 Å². The van der Waals surface area contributed by atoms with Crippen LogP contribution in [0.15, 0.2) is 57.9 Å². The van der Waals surface area contributed by atoms with Crippen molar-refractivity contribution in [2.45, 2.75) is 32.1 Å². The number of anilines is 1. The molecule has 2 atom stereocenters. The third kappa shape index (κ3) is 5.62. The van der Waals surface area contributed by atoms with Crippen LogP contribution in [0, 0.1) is 18.8 Å². The van der Waals surface area contributed by atoms with Gasteiger partial charge in [-0.25, -0.2) is 8.42 Å². The van der Waals surface area contributed by atoms with Gasteiger partial charge in [0.05, 0.1) is 9.92 Å². The fraction of sp³-hybridized carbons (Fsp3) is 0.320. The Bertz CT molecular complexity index is 1380. The highest BCUT2D eigenvalue weighted by molar-refractivity contribution is 7.89. The number of nitrogens with zero attached hydrogens (tertiary/aromatic N) is 2. The van der Waals surface area contributed by atoms with E-state index in [4.69, 9.17) is 28.3 Å². The monoisotopic (exact) mass is 546 g/mol. The first kappa shape index (κ1) is 26.3. The van der Waals surface area contributed by atoms with Crippen molar-refractivity contribution in [3.63, 3.8) is 0 Å². The van der Waals surface area contributed by atoms with E-state index in [2.05, 4.69) is 29.6 Å². The highest BCUT2D eigenvalue weighted by atomic mass is 35.5. The Morgan fingerprint density at radius 2 is 1.75 bits per heavy atom. The first-order valence-electron chi connectivity index (χ1n) is 11.5. The quantitative estimate of drug-likeness (QED) is 0.429. The summed E-state index contributed by atoms with van der Waals surface area (Å²) in [6, 6.07) is 13.3. The molecule has 0 saturated carbocycles. The van der Waals surface area contributed by atoms with Crippen LogP contribution in [-0.4, -0.2) is 42.0 Å². The molecule has 3 aromatic rings. The summed E-state index contributed by atoms with van der Waals surface area (Å²) >= 11 is 11.6. The predicted molar refractivity (Wildman–Crippen MR) is 144 cm³/mol. The van der Waals surface area contributed by atoms with Crippen LogP contribution < -0.4 is 10.6 Å². The number of piperidine rings is 1. The fourth-order valence-corrected chi connectivity index (χ4v) is 6.58.